The quantitative estimate of drug-likeness (QED) is 0.0990. The Hall–Kier alpha value is -5.44. The van der Waals surface area contributed by atoms with Gasteiger partial charge in [-0.1, -0.05) is 24.3 Å². The highest BCUT2D eigenvalue weighted by Gasteiger charge is 2.16. The first-order valence-electron chi connectivity index (χ1n) is 18.1. The summed E-state index contributed by atoms with van der Waals surface area (Å²) in [6, 6.07) is 29.3. The molecule has 2 aromatic carbocycles. The summed E-state index contributed by atoms with van der Waals surface area (Å²) in [6.45, 7) is 3.45. The van der Waals surface area contributed by atoms with Gasteiger partial charge in [-0.25, -0.2) is 9.97 Å². The SMILES string of the molecule is C[N+](C)(C)CCCOc1cccc(-c2c3nc(cc4ccc([nH]4)c(-c4cccc(OCCC[N+](C)(C)C)c4)c4ccc(cc5nc2C=C5)[nH]4)C=C3)c1. The maximum Gasteiger partial charge on any atom is 0.119 e. The number of nitrogens with one attached hydrogen (secondary N) is 2. The molecule has 0 saturated heterocycles. The molecule has 7 rings (SSSR count). The summed E-state index contributed by atoms with van der Waals surface area (Å²) in [5, 5.41) is 0. The molecule has 8 bridgehead atoms. The van der Waals surface area contributed by atoms with Crippen molar-refractivity contribution < 1.29 is 18.4 Å². The van der Waals surface area contributed by atoms with Gasteiger partial charge in [0, 0.05) is 46.0 Å². The summed E-state index contributed by atoms with van der Waals surface area (Å²) in [4.78, 5) is 17.6. The number of rotatable bonds is 12. The van der Waals surface area contributed by atoms with Crippen LogP contribution in [0.15, 0.2) is 84.9 Å². The molecule has 0 atom stereocenters. The molecular weight excluding hydrogens is 645 g/mol. The van der Waals surface area contributed by atoms with Crippen molar-refractivity contribution in [2.75, 3.05) is 68.6 Å². The van der Waals surface area contributed by atoms with Crippen molar-refractivity contribution in [2.24, 2.45) is 0 Å². The Balaban J connectivity index is 1.30. The highest BCUT2D eigenvalue weighted by atomic mass is 16.5. The van der Waals surface area contributed by atoms with Crippen LogP contribution < -0.4 is 9.47 Å². The number of H-pyrrole nitrogens is 2. The molecule has 0 unspecified atom stereocenters. The van der Waals surface area contributed by atoms with E-state index >= 15 is 0 Å². The Kier molecular flexibility index (Phi) is 9.86. The number of aromatic amines is 2. The van der Waals surface area contributed by atoms with E-state index in [9.17, 15) is 0 Å². The largest absolute Gasteiger partial charge is 0.493 e. The molecule has 8 heteroatoms. The minimum absolute atomic E-state index is 0.668. The maximum atomic E-state index is 6.23. The molecule has 2 aliphatic heterocycles. The summed E-state index contributed by atoms with van der Waals surface area (Å²) in [5.41, 5.74) is 11.5. The first-order valence-corrected chi connectivity index (χ1v) is 18.1. The normalized spacial score (nSPS) is 12.7. The van der Waals surface area contributed by atoms with E-state index in [-0.39, 0.29) is 0 Å². The fourth-order valence-electron chi connectivity index (χ4n) is 6.62. The zero-order valence-corrected chi connectivity index (χ0v) is 31.2. The zero-order valence-electron chi connectivity index (χ0n) is 31.2. The fraction of sp³-hybridized carbons (Fsp3) is 0.273. The Morgan fingerprint density at radius 3 is 1.44 bits per heavy atom. The van der Waals surface area contributed by atoms with Crippen LogP contribution in [0.3, 0.4) is 0 Å². The van der Waals surface area contributed by atoms with Gasteiger partial charge in [0.25, 0.3) is 0 Å². The third kappa shape index (κ3) is 8.70. The molecule has 2 N–H and O–H groups in total. The molecule has 266 valence electrons. The van der Waals surface area contributed by atoms with Crippen LogP contribution >= 0.6 is 0 Å². The van der Waals surface area contributed by atoms with Gasteiger partial charge in [0.05, 0.1) is 91.4 Å². The maximum absolute atomic E-state index is 6.23. The predicted octanol–water partition coefficient (Wildman–Crippen LogP) is 8.94. The predicted molar refractivity (Wildman–Crippen MR) is 216 cm³/mol. The van der Waals surface area contributed by atoms with Gasteiger partial charge in [0.2, 0.25) is 0 Å². The molecule has 0 aliphatic carbocycles. The van der Waals surface area contributed by atoms with Crippen LogP contribution in [0, 0.1) is 0 Å². The average Bonchev–Trinajstić information content (AvgIpc) is 3.92. The van der Waals surface area contributed by atoms with Gasteiger partial charge in [-0.05, 0) is 96.1 Å². The Bertz CT molecular complexity index is 2200. The third-order valence-corrected chi connectivity index (χ3v) is 9.13. The molecule has 0 radical (unpaired) electrons. The first-order chi connectivity index (χ1) is 25.0. The van der Waals surface area contributed by atoms with Crippen molar-refractivity contribution in [2.45, 2.75) is 12.8 Å². The molecule has 52 heavy (non-hydrogen) atoms. The molecule has 3 aromatic heterocycles. The average molecular weight is 695 g/mol. The van der Waals surface area contributed by atoms with Crippen LogP contribution in [0.1, 0.15) is 35.6 Å². The third-order valence-electron chi connectivity index (χ3n) is 9.13. The van der Waals surface area contributed by atoms with Gasteiger partial charge in [0.15, 0.2) is 0 Å². The Morgan fingerprint density at radius 1 is 0.519 bits per heavy atom. The standard InChI is InChI=1S/C44H50N6O2/c1-49(2,3)23-9-25-51-37-13-7-11-31(27-37)43-39-19-15-33(45-39)29-35-17-21-41(47-35)44(42-22-18-36(48-42)30-34-16-20-40(43)46-34)32-12-8-14-38(28-32)52-26-10-24-50(4,5)6/h7-8,11-22,27-30,45-46H,9-10,23-26H2,1-6H3/q+2. The van der Waals surface area contributed by atoms with Gasteiger partial charge in [-0.15, -0.1) is 0 Å². The molecule has 0 fully saturated rings. The molecule has 8 nitrogen and oxygen atoms in total. The monoisotopic (exact) mass is 694 g/mol. The lowest BCUT2D eigenvalue weighted by atomic mass is 10.0. The first kappa shape index (κ1) is 35.0. The second-order valence-electron chi connectivity index (χ2n) is 15.7. The summed E-state index contributed by atoms with van der Waals surface area (Å²) in [7, 11) is 13.2. The number of aromatic nitrogens is 4. The van der Waals surface area contributed by atoms with Gasteiger partial charge < -0.3 is 28.4 Å². The van der Waals surface area contributed by atoms with E-state index in [1.54, 1.807) is 0 Å². The summed E-state index contributed by atoms with van der Waals surface area (Å²) in [5.74, 6) is 1.71. The van der Waals surface area contributed by atoms with E-state index < -0.39 is 0 Å². The van der Waals surface area contributed by atoms with E-state index in [0.717, 1.165) is 113 Å². The van der Waals surface area contributed by atoms with Gasteiger partial charge in [-0.2, -0.15) is 0 Å². The number of hydrogen-bond acceptors (Lipinski definition) is 4. The number of benzene rings is 2. The van der Waals surface area contributed by atoms with Crippen molar-refractivity contribution in [3.05, 3.63) is 108 Å². The highest BCUT2D eigenvalue weighted by molar-refractivity contribution is 5.94. The van der Waals surface area contributed by atoms with Crippen LogP contribution in [-0.2, 0) is 0 Å². The van der Waals surface area contributed by atoms with Crippen molar-refractivity contribution in [1.29, 1.82) is 0 Å². The number of nitrogens with zero attached hydrogens (tertiary/aromatic N) is 4. The molecule has 0 spiro atoms. The zero-order chi connectivity index (χ0) is 36.3. The van der Waals surface area contributed by atoms with Crippen LogP contribution in [0.5, 0.6) is 11.5 Å². The Labute approximate surface area is 306 Å². The minimum Gasteiger partial charge on any atom is -0.493 e. The lowest BCUT2D eigenvalue weighted by Gasteiger charge is -2.23. The second-order valence-corrected chi connectivity index (χ2v) is 15.7. The molecule has 5 aromatic rings. The summed E-state index contributed by atoms with van der Waals surface area (Å²) < 4.78 is 14.3. The van der Waals surface area contributed by atoms with Crippen LogP contribution in [0.4, 0.5) is 0 Å². The summed E-state index contributed by atoms with van der Waals surface area (Å²) in [6.07, 6.45) is 10.3. The van der Waals surface area contributed by atoms with E-state index in [4.69, 9.17) is 19.4 Å². The number of ether oxygens (including phenoxy) is 2. The number of quaternary nitrogens is 2. The fourth-order valence-corrected chi connectivity index (χ4v) is 6.62. The van der Waals surface area contributed by atoms with Crippen LogP contribution in [0.25, 0.3) is 68.6 Å². The lowest BCUT2D eigenvalue weighted by molar-refractivity contribution is -0.870. The number of fused-ring (bicyclic) bond motifs is 8. The molecule has 0 amide bonds. The van der Waals surface area contributed by atoms with Crippen molar-refractivity contribution >= 4 is 46.4 Å². The molecular formula is C44H50N6O2+2. The lowest BCUT2D eigenvalue weighted by Crippen LogP contribution is -2.36. The molecule has 5 heterocycles. The van der Waals surface area contributed by atoms with Crippen LogP contribution in [-0.4, -0.2) is 97.5 Å². The van der Waals surface area contributed by atoms with E-state index in [2.05, 4.69) is 143 Å². The van der Waals surface area contributed by atoms with Gasteiger partial charge >= 0.3 is 0 Å². The minimum atomic E-state index is 0.668. The van der Waals surface area contributed by atoms with Crippen molar-refractivity contribution in [1.82, 2.24) is 19.9 Å². The van der Waals surface area contributed by atoms with E-state index in [1.165, 1.54) is 0 Å². The second kappa shape index (κ2) is 14.7. The summed E-state index contributed by atoms with van der Waals surface area (Å²) >= 11 is 0. The topological polar surface area (TPSA) is 75.8 Å². The van der Waals surface area contributed by atoms with E-state index in [0.29, 0.717) is 13.2 Å². The molecule has 0 saturated carbocycles. The smallest absolute Gasteiger partial charge is 0.119 e. The molecule has 2 aliphatic rings. The van der Waals surface area contributed by atoms with Crippen molar-refractivity contribution in [3.8, 4) is 33.8 Å². The van der Waals surface area contributed by atoms with Crippen LogP contribution in [0.2, 0.25) is 0 Å². The van der Waals surface area contributed by atoms with Gasteiger partial charge in [0.1, 0.15) is 11.5 Å². The Morgan fingerprint density at radius 2 is 0.981 bits per heavy atom. The van der Waals surface area contributed by atoms with Gasteiger partial charge in [-0.3, -0.25) is 0 Å². The van der Waals surface area contributed by atoms with E-state index in [1.807, 2.05) is 18.2 Å². The highest BCUT2D eigenvalue weighted by Crippen LogP contribution is 2.34. The number of hydrogen-bond donors (Lipinski definition) is 2. The van der Waals surface area contributed by atoms with Crippen molar-refractivity contribution in [3.63, 3.8) is 0 Å².